The first-order valence-corrected chi connectivity index (χ1v) is 12.1. The Kier molecular flexibility index (Phi) is 6.53. The molecular weight excluding hydrogens is 508 g/mol. The maximum atomic E-state index is 13.4. The zero-order valence-electron chi connectivity index (χ0n) is 20.6. The van der Waals surface area contributed by atoms with Crippen molar-refractivity contribution in [1.82, 2.24) is 9.97 Å². The van der Waals surface area contributed by atoms with Crippen molar-refractivity contribution in [2.45, 2.75) is 24.9 Å². The molecule has 5 rings (SSSR count). The maximum absolute atomic E-state index is 13.4. The van der Waals surface area contributed by atoms with Crippen LogP contribution in [0.3, 0.4) is 0 Å². The van der Waals surface area contributed by atoms with E-state index >= 15 is 0 Å². The predicted molar refractivity (Wildman–Crippen MR) is 138 cm³/mol. The van der Waals surface area contributed by atoms with Crippen molar-refractivity contribution in [3.05, 3.63) is 93.3 Å². The summed E-state index contributed by atoms with van der Waals surface area (Å²) in [7, 11) is 2.83. The van der Waals surface area contributed by atoms with Crippen LogP contribution in [0.5, 0.6) is 5.75 Å². The van der Waals surface area contributed by atoms with Crippen molar-refractivity contribution in [1.29, 1.82) is 5.26 Å². The molecule has 0 amide bonds. The third kappa shape index (κ3) is 4.24. The second kappa shape index (κ2) is 9.82. The number of ether oxygens (including phenoxy) is 2. The summed E-state index contributed by atoms with van der Waals surface area (Å²) in [5, 5.41) is 35.1. The van der Waals surface area contributed by atoms with Gasteiger partial charge in [0.05, 0.1) is 55.3 Å². The number of hydrogen-bond donors (Lipinski definition) is 2. The van der Waals surface area contributed by atoms with Crippen LogP contribution >= 0.6 is 11.6 Å². The molecule has 1 atom stereocenters. The van der Waals surface area contributed by atoms with E-state index in [2.05, 4.69) is 16.0 Å². The number of nitriles is 1. The predicted octanol–water partition coefficient (Wildman–Crippen LogP) is 3.81. The molecule has 0 radical (unpaired) electrons. The van der Waals surface area contributed by atoms with Gasteiger partial charge in [-0.15, -0.1) is 0 Å². The summed E-state index contributed by atoms with van der Waals surface area (Å²) in [5.41, 5.74) is 2.44. The minimum Gasteiger partial charge on any atom is -0.618 e. The lowest BCUT2D eigenvalue weighted by atomic mass is 9.96. The monoisotopic (exact) mass is 530 g/mol. The molecule has 0 fully saturated rings. The molecule has 0 spiro atoms. The van der Waals surface area contributed by atoms with E-state index in [0.717, 1.165) is 11.1 Å². The SMILES string of the molecule is COC(=O)Cc1ccc(-c2cnc(C3(O)CCc4c(OC)c(-c5cc(Cl)ccc5C#N)c[n+]([O-])c43)[nH]2)cc1. The number of H-pyrrole nitrogens is 1. The zero-order valence-corrected chi connectivity index (χ0v) is 21.4. The Bertz CT molecular complexity index is 1590. The highest BCUT2D eigenvalue weighted by molar-refractivity contribution is 6.31. The topological polar surface area (TPSA) is 135 Å². The number of benzene rings is 2. The van der Waals surface area contributed by atoms with E-state index in [0.29, 0.717) is 49.9 Å². The summed E-state index contributed by atoms with van der Waals surface area (Å²) in [6.07, 6.45) is 3.61. The number of methoxy groups -OCH3 is 2. The minimum absolute atomic E-state index is 0.118. The lowest BCUT2D eigenvalue weighted by molar-refractivity contribution is -0.620. The van der Waals surface area contributed by atoms with Gasteiger partial charge < -0.3 is 24.8 Å². The van der Waals surface area contributed by atoms with E-state index in [1.165, 1.54) is 20.4 Å². The molecule has 1 unspecified atom stereocenters. The van der Waals surface area contributed by atoms with Crippen LogP contribution < -0.4 is 9.47 Å². The standard InChI is InChI=1S/C28H23ClN4O5/c1-37-24(34)11-16-3-5-17(6-4-16)23-14-31-27(32-23)28(35)10-9-20-25(38-2)22(15-33(36)26(20)28)21-12-19(29)8-7-18(21)13-30/h3-8,12,14-15,35H,9-11H2,1-2H3,(H,31,32). The van der Waals surface area contributed by atoms with Crippen molar-refractivity contribution in [3.8, 4) is 34.2 Å². The quantitative estimate of drug-likeness (QED) is 0.220. The number of hydrogen-bond acceptors (Lipinski definition) is 7. The second-order valence-electron chi connectivity index (χ2n) is 8.99. The fraction of sp³-hybridized carbons (Fsp3) is 0.214. The van der Waals surface area contributed by atoms with Crippen LogP contribution in [0.1, 0.15) is 34.6 Å². The smallest absolute Gasteiger partial charge is 0.309 e. The Labute approximate surface area is 223 Å². The number of esters is 1. The largest absolute Gasteiger partial charge is 0.618 e. The molecule has 0 aliphatic heterocycles. The molecule has 0 saturated carbocycles. The Morgan fingerprint density at radius 2 is 2.03 bits per heavy atom. The molecule has 1 aliphatic carbocycles. The number of pyridine rings is 1. The average Bonchev–Trinajstić information content (AvgIpc) is 3.56. The van der Waals surface area contributed by atoms with E-state index in [1.807, 2.05) is 24.3 Å². The highest BCUT2D eigenvalue weighted by Crippen LogP contribution is 2.46. The summed E-state index contributed by atoms with van der Waals surface area (Å²) in [6.45, 7) is 0. The highest BCUT2D eigenvalue weighted by atomic mass is 35.5. The maximum Gasteiger partial charge on any atom is 0.309 e. The van der Waals surface area contributed by atoms with Gasteiger partial charge >= 0.3 is 5.97 Å². The molecule has 2 N–H and O–H groups in total. The first-order chi connectivity index (χ1) is 18.3. The minimum atomic E-state index is -1.68. The van der Waals surface area contributed by atoms with Crippen molar-refractivity contribution >= 4 is 17.6 Å². The summed E-state index contributed by atoms with van der Waals surface area (Å²) >= 11 is 6.18. The third-order valence-corrected chi connectivity index (χ3v) is 7.04. The van der Waals surface area contributed by atoms with Crippen LogP contribution in [0.15, 0.2) is 54.9 Å². The van der Waals surface area contributed by atoms with Gasteiger partial charge in [-0.05, 0) is 42.2 Å². The van der Waals surface area contributed by atoms with Gasteiger partial charge in [-0.2, -0.15) is 9.99 Å². The lowest BCUT2D eigenvalue weighted by Gasteiger charge is -2.21. The number of imidazole rings is 1. The highest BCUT2D eigenvalue weighted by Gasteiger charge is 2.50. The number of halogens is 1. The summed E-state index contributed by atoms with van der Waals surface area (Å²) in [5.74, 6) is 0.298. The normalized spacial score (nSPS) is 16.1. The van der Waals surface area contributed by atoms with E-state index < -0.39 is 5.60 Å². The first kappa shape index (κ1) is 25.3. The molecule has 9 nitrogen and oxygen atoms in total. The average molecular weight is 531 g/mol. The third-order valence-electron chi connectivity index (χ3n) is 6.80. The Morgan fingerprint density at radius 3 is 2.71 bits per heavy atom. The van der Waals surface area contributed by atoms with E-state index in [1.54, 1.807) is 24.4 Å². The van der Waals surface area contributed by atoms with Crippen molar-refractivity contribution in [3.63, 3.8) is 0 Å². The molecule has 1 aliphatic rings. The lowest BCUT2D eigenvalue weighted by Crippen LogP contribution is -2.42. The van der Waals surface area contributed by atoms with Crippen LogP contribution in [0.4, 0.5) is 0 Å². The first-order valence-electron chi connectivity index (χ1n) is 11.8. The number of fused-ring (bicyclic) bond motifs is 1. The summed E-state index contributed by atoms with van der Waals surface area (Å²) < 4.78 is 11.0. The number of aromatic nitrogens is 3. The fourth-order valence-electron chi connectivity index (χ4n) is 4.94. The fourth-order valence-corrected chi connectivity index (χ4v) is 5.12. The van der Waals surface area contributed by atoms with E-state index in [9.17, 15) is 20.4 Å². The van der Waals surface area contributed by atoms with Gasteiger partial charge in [-0.25, -0.2) is 4.98 Å². The number of nitrogens with one attached hydrogen (secondary N) is 1. The Morgan fingerprint density at radius 1 is 1.26 bits per heavy atom. The zero-order chi connectivity index (χ0) is 27.0. The molecule has 10 heteroatoms. The molecule has 0 saturated heterocycles. The number of nitrogens with zero attached hydrogens (tertiary/aromatic N) is 3. The van der Waals surface area contributed by atoms with Gasteiger partial charge in [0.2, 0.25) is 11.3 Å². The molecule has 38 heavy (non-hydrogen) atoms. The molecule has 4 aromatic rings. The summed E-state index contributed by atoms with van der Waals surface area (Å²) in [6, 6.07) is 14.2. The molecule has 2 heterocycles. The molecule has 2 aromatic carbocycles. The van der Waals surface area contributed by atoms with Crippen LogP contribution in [-0.4, -0.2) is 35.3 Å². The van der Waals surface area contributed by atoms with Crippen molar-refractivity contribution < 1.29 is 24.1 Å². The van der Waals surface area contributed by atoms with E-state index in [4.69, 9.17) is 21.1 Å². The number of aromatic amines is 1. The van der Waals surface area contributed by atoms with Gasteiger partial charge in [0, 0.05) is 10.6 Å². The van der Waals surface area contributed by atoms with Crippen molar-refractivity contribution in [2.24, 2.45) is 0 Å². The molecule has 192 valence electrons. The van der Waals surface area contributed by atoms with Gasteiger partial charge in [0.15, 0.2) is 6.20 Å². The molecule has 2 aromatic heterocycles. The van der Waals surface area contributed by atoms with Gasteiger partial charge in [0.25, 0.3) is 0 Å². The summed E-state index contributed by atoms with van der Waals surface area (Å²) in [4.78, 5) is 19.1. The van der Waals surface area contributed by atoms with E-state index in [-0.39, 0.29) is 30.3 Å². The van der Waals surface area contributed by atoms with Crippen LogP contribution in [0.25, 0.3) is 22.4 Å². The number of rotatable bonds is 6. The van der Waals surface area contributed by atoms with Gasteiger partial charge in [-0.1, -0.05) is 35.9 Å². The van der Waals surface area contributed by atoms with Gasteiger partial charge in [0.1, 0.15) is 11.6 Å². The van der Waals surface area contributed by atoms with Crippen LogP contribution in [-0.2, 0) is 28.0 Å². The van der Waals surface area contributed by atoms with Crippen LogP contribution in [0, 0.1) is 16.5 Å². The Balaban J connectivity index is 1.54. The second-order valence-corrected chi connectivity index (χ2v) is 9.42. The van der Waals surface area contributed by atoms with Gasteiger partial charge in [-0.3, -0.25) is 4.79 Å². The van der Waals surface area contributed by atoms with Crippen LogP contribution in [0.2, 0.25) is 5.02 Å². The Hall–Kier alpha value is -4.39. The molecular formula is C28H23ClN4O5. The number of carbonyl (C=O) groups is 1. The molecule has 0 bridgehead atoms. The van der Waals surface area contributed by atoms with Crippen molar-refractivity contribution in [2.75, 3.05) is 14.2 Å². The number of carbonyl (C=O) groups excluding carboxylic acids is 1. The number of aliphatic hydroxyl groups is 1.